The summed E-state index contributed by atoms with van der Waals surface area (Å²) in [5, 5.41) is 0. The van der Waals surface area contributed by atoms with Gasteiger partial charge in [0.1, 0.15) is 10.6 Å². The van der Waals surface area contributed by atoms with E-state index >= 15 is 0 Å². The molecule has 1 radical (unpaired) electrons. The van der Waals surface area contributed by atoms with Crippen LogP contribution in [0.2, 0.25) is 0 Å². The summed E-state index contributed by atoms with van der Waals surface area (Å²) in [7, 11) is -2.99. The Labute approximate surface area is 82.2 Å². The zero-order valence-corrected chi connectivity index (χ0v) is 8.34. The maximum atomic E-state index is 10.9. The van der Waals surface area contributed by atoms with Gasteiger partial charge in [0.2, 0.25) is 0 Å². The summed E-state index contributed by atoms with van der Waals surface area (Å²) in [6.45, 7) is -0.105. The summed E-state index contributed by atoms with van der Waals surface area (Å²) < 4.78 is 35.5. The van der Waals surface area contributed by atoms with Gasteiger partial charge in [0.15, 0.2) is 0 Å². The average Bonchev–Trinajstić information content (AvgIpc) is 2.15. The molecule has 0 unspecified atom stereocenters. The second-order valence-electron chi connectivity index (χ2n) is 2.60. The van der Waals surface area contributed by atoms with Gasteiger partial charge < -0.3 is 4.74 Å². The Morgan fingerprint density at radius 3 is 2.57 bits per heavy atom. The number of benzene rings is 1. The van der Waals surface area contributed by atoms with Crippen LogP contribution in [0.15, 0.2) is 23.1 Å². The molecule has 5 nitrogen and oxygen atoms in total. The van der Waals surface area contributed by atoms with Crippen LogP contribution in [0, 0.1) is 0 Å². The van der Waals surface area contributed by atoms with Gasteiger partial charge in [0, 0.05) is 12.1 Å². The number of hydrogen-bond acceptors (Lipinski definition) is 3. The molecule has 0 aliphatic carbocycles. The number of rotatable bonds is 3. The van der Waals surface area contributed by atoms with Gasteiger partial charge >= 0.3 is 0 Å². The van der Waals surface area contributed by atoms with Crippen molar-refractivity contribution in [1.29, 1.82) is 0 Å². The molecule has 0 fully saturated rings. The van der Waals surface area contributed by atoms with Gasteiger partial charge in [-0.2, -0.15) is 8.42 Å². The van der Waals surface area contributed by atoms with Crippen molar-refractivity contribution in [3.63, 3.8) is 0 Å². The Morgan fingerprint density at radius 2 is 2.14 bits per heavy atom. The Balaban J connectivity index is 3.45. The normalized spacial score (nSPS) is 11.4. The van der Waals surface area contributed by atoms with Crippen LogP contribution in [0.4, 0.5) is 0 Å². The molecule has 0 heterocycles. The fraction of sp³-hybridized carbons (Fsp3) is 0.250. The lowest BCUT2D eigenvalue weighted by Crippen LogP contribution is -2.04. The minimum absolute atomic E-state index is 0.0324. The summed E-state index contributed by atoms with van der Waals surface area (Å²) in [5.74, 6) is 0.0324. The van der Waals surface area contributed by atoms with E-state index in [-0.39, 0.29) is 17.2 Å². The standard InChI is InChI=1S/C8H10NO4S/c1-13-8-6(5-9)3-2-4-7(8)14(10,11)12/h2-4,9H,5H2,1H3,(H,10,11,12). The van der Waals surface area contributed by atoms with Gasteiger partial charge in [0.05, 0.1) is 7.11 Å². The summed E-state index contributed by atoms with van der Waals surface area (Å²) in [6.07, 6.45) is 0. The van der Waals surface area contributed by atoms with E-state index in [2.05, 4.69) is 0 Å². The Morgan fingerprint density at radius 1 is 1.50 bits per heavy atom. The Kier molecular flexibility index (Phi) is 3.10. The predicted octanol–water partition coefficient (Wildman–Crippen LogP) is 0.725. The smallest absolute Gasteiger partial charge is 0.298 e. The van der Waals surface area contributed by atoms with E-state index in [9.17, 15) is 8.42 Å². The largest absolute Gasteiger partial charge is 0.495 e. The summed E-state index contributed by atoms with van der Waals surface area (Å²) in [6, 6.07) is 4.25. The van der Waals surface area contributed by atoms with Crippen LogP contribution in [0.5, 0.6) is 5.75 Å². The van der Waals surface area contributed by atoms with Crippen LogP contribution >= 0.6 is 0 Å². The number of hydrogen-bond donors (Lipinski definition) is 1. The Bertz CT molecular complexity index is 427. The fourth-order valence-corrected chi connectivity index (χ4v) is 1.83. The highest BCUT2D eigenvalue weighted by Crippen LogP contribution is 2.27. The first kappa shape index (κ1) is 11.0. The molecule has 0 saturated heterocycles. The molecule has 0 spiro atoms. The Hall–Kier alpha value is -1.11. The third-order valence-corrected chi connectivity index (χ3v) is 2.61. The quantitative estimate of drug-likeness (QED) is 0.754. The number of methoxy groups -OCH3 is 1. The topological polar surface area (TPSA) is 87.4 Å². The van der Waals surface area contributed by atoms with Crippen molar-refractivity contribution >= 4 is 10.1 Å². The molecule has 0 bridgehead atoms. The molecule has 0 atom stereocenters. The van der Waals surface area contributed by atoms with E-state index in [0.717, 1.165) is 0 Å². The van der Waals surface area contributed by atoms with E-state index in [1.54, 1.807) is 6.07 Å². The van der Waals surface area contributed by atoms with Crippen LogP contribution in [0.25, 0.3) is 0 Å². The van der Waals surface area contributed by atoms with Crippen molar-refractivity contribution in [2.75, 3.05) is 7.11 Å². The third kappa shape index (κ3) is 2.03. The first-order chi connectivity index (χ1) is 6.50. The molecule has 1 aromatic carbocycles. The zero-order valence-electron chi connectivity index (χ0n) is 7.52. The van der Waals surface area contributed by atoms with Crippen molar-refractivity contribution in [2.24, 2.45) is 0 Å². The van der Waals surface area contributed by atoms with E-state index in [1.165, 1.54) is 19.2 Å². The zero-order chi connectivity index (χ0) is 10.8. The first-order valence-corrected chi connectivity index (χ1v) is 5.22. The van der Waals surface area contributed by atoms with Gasteiger partial charge in [-0.15, -0.1) is 0 Å². The monoisotopic (exact) mass is 216 g/mol. The SMILES string of the molecule is COc1c(C[NH])cccc1S(=O)(=O)O. The minimum Gasteiger partial charge on any atom is -0.495 e. The molecule has 14 heavy (non-hydrogen) atoms. The summed E-state index contributed by atoms with van der Waals surface area (Å²) in [5.41, 5.74) is 7.55. The van der Waals surface area contributed by atoms with Crippen LogP contribution < -0.4 is 10.5 Å². The highest BCUT2D eigenvalue weighted by atomic mass is 32.2. The lowest BCUT2D eigenvalue weighted by molar-refractivity contribution is 0.392. The third-order valence-electron chi connectivity index (χ3n) is 1.73. The number of para-hydroxylation sites is 1. The first-order valence-electron chi connectivity index (χ1n) is 3.78. The van der Waals surface area contributed by atoms with Gasteiger partial charge in [-0.1, -0.05) is 12.1 Å². The predicted molar refractivity (Wildman–Crippen MR) is 49.6 cm³/mol. The second kappa shape index (κ2) is 3.95. The highest BCUT2D eigenvalue weighted by Gasteiger charge is 2.18. The van der Waals surface area contributed by atoms with Crippen LogP contribution in [-0.4, -0.2) is 20.1 Å². The minimum atomic E-state index is -4.29. The van der Waals surface area contributed by atoms with Crippen molar-refractivity contribution in [3.05, 3.63) is 23.8 Å². The molecular weight excluding hydrogens is 206 g/mol. The van der Waals surface area contributed by atoms with E-state index in [0.29, 0.717) is 5.56 Å². The molecule has 0 aromatic heterocycles. The molecule has 6 heteroatoms. The molecule has 0 amide bonds. The van der Waals surface area contributed by atoms with Crippen molar-refractivity contribution in [2.45, 2.75) is 11.4 Å². The number of nitrogens with one attached hydrogen (secondary N) is 1. The molecule has 0 saturated carbocycles. The molecule has 0 aliphatic rings. The molecule has 77 valence electrons. The summed E-state index contributed by atoms with van der Waals surface area (Å²) in [4.78, 5) is -0.301. The van der Waals surface area contributed by atoms with Gasteiger partial charge in [0.25, 0.3) is 10.1 Å². The second-order valence-corrected chi connectivity index (χ2v) is 3.99. The summed E-state index contributed by atoms with van der Waals surface area (Å²) >= 11 is 0. The van der Waals surface area contributed by atoms with Gasteiger partial charge in [-0.3, -0.25) is 10.3 Å². The van der Waals surface area contributed by atoms with E-state index in [4.69, 9.17) is 15.0 Å². The van der Waals surface area contributed by atoms with E-state index in [1.807, 2.05) is 0 Å². The van der Waals surface area contributed by atoms with Crippen molar-refractivity contribution in [3.8, 4) is 5.75 Å². The molecule has 2 N–H and O–H groups in total. The maximum Gasteiger partial charge on any atom is 0.298 e. The average molecular weight is 216 g/mol. The van der Waals surface area contributed by atoms with Crippen LogP contribution in [-0.2, 0) is 16.7 Å². The molecular formula is C8H10NO4S. The molecule has 1 rings (SSSR count). The van der Waals surface area contributed by atoms with Crippen LogP contribution in [0.1, 0.15) is 5.56 Å². The highest BCUT2D eigenvalue weighted by molar-refractivity contribution is 7.86. The molecule has 1 aromatic rings. The van der Waals surface area contributed by atoms with E-state index < -0.39 is 10.1 Å². The van der Waals surface area contributed by atoms with Crippen molar-refractivity contribution < 1.29 is 17.7 Å². The van der Waals surface area contributed by atoms with Crippen molar-refractivity contribution in [1.82, 2.24) is 5.73 Å². The lowest BCUT2D eigenvalue weighted by Gasteiger charge is -2.09. The van der Waals surface area contributed by atoms with Gasteiger partial charge in [-0.05, 0) is 6.07 Å². The van der Waals surface area contributed by atoms with Crippen LogP contribution in [0.3, 0.4) is 0 Å². The fourth-order valence-electron chi connectivity index (χ4n) is 1.14. The maximum absolute atomic E-state index is 10.9. The molecule has 0 aliphatic heterocycles. The lowest BCUT2D eigenvalue weighted by atomic mass is 10.2. The van der Waals surface area contributed by atoms with Gasteiger partial charge in [-0.25, -0.2) is 0 Å². The number of ether oxygens (including phenoxy) is 1.